The topological polar surface area (TPSA) is 42.5 Å². The molecule has 0 unspecified atom stereocenters. The lowest BCUT2D eigenvalue weighted by Crippen LogP contribution is -2.13. The van der Waals surface area contributed by atoms with Crippen LogP contribution in [0.15, 0.2) is 21.2 Å². The Kier molecular flexibility index (Phi) is 6.11. The molecule has 0 radical (unpaired) electrons. The van der Waals surface area contributed by atoms with E-state index >= 15 is 0 Å². The SMILES string of the molecule is FC(F)(F)CCCc1nc(Cl)c(Cl)n1CC1=NC=C(Cl)CC=N1. The van der Waals surface area contributed by atoms with Crippen LogP contribution < -0.4 is 0 Å². The molecule has 0 fully saturated rings. The zero-order valence-electron chi connectivity index (χ0n) is 11.7. The van der Waals surface area contributed by atoms with Gasteiger partial charge in [0.2, 0.25) is 0 Å². The maximum absolute atomic E-state index is 12.3. The van der Waals surface area contributed by atoms with Crippen LogP contribution >= 0.6 is 34.8 Å². The number of nitrogens with zero attached hydrogens (tertiary/aromatic N) is 4. The van der Waals surface area contributed by atoms with Crippen molar-refractivity contribution in [1.29, 1.82) is 0 Å². The van der Waals surface area contributed by atoms with Crippen molar-refractivity contribution in [2.75, 3.05) is 0 Å². The van der Waals surface area contributed by atoms with E-state index in [1.54, 1.807) is 6.21 Å². The first-order chi connectivity index (χ1) is 10.8. The number of alkyl halides is 3. The standard InChI is InChI=1S/C13H12Cl3F3N4/c14-8-3-5-20-9(21-6-8)7-23-10(22-11(15)12(23)16)2-1-4-13(17,18)19/h5-6H,1-4,7H2. The molecule has 0 atom stereocenters. The van der Waals surface area contributed by atoms with Crippen molar-refractivity contribution in [2.24, 2.45) is 9.98 Å². The van der Waals surface area contributed by atoms with Crippen molar-refractivity contribution in [1.82, 2.24) is 9.55 Å². The Morgan fingerprint density at radius 1 is 1.22 bits per heavy atom. The summed E-state index contributed by atoms with van der Waals surface area (Å²) in [4.78, 5) is 12.3. The van der Waals surface area contributed by atoms with E-state index in [2.05, 4.69) is 15.0 Å². The minimum absolute atomic E-state index is 0.0421. The summed E-state index contributed by atoms with van der Waals surface area (Å²) in [6, 6.07) is 0. The van der Waals surface area contributed by atoms with Crippen LogP contribution in [-0.2, 0) is 13.0 Å². The highest BCUT2D eigenvalue weighted by atomic mass is 35.5. The summed E-state index contributed by atoms with van der Waals surface area (Å²) in [6.45, 7) is 0.150. The monoisotopic (exact) mass is 386 g/mol. The van der Waals surface area contributed by atoms with E-state index in [-0.39, 0.29) is 29.7 Å². The highest BCUT2D eigenvalue weighted by molar-refractivity contribution is 6.40. The van der Waals surface area contributed by atoms with Gasteiger partial charge in [-0.25, -0.2) is 15.0 Å². The second-order valence-corrected chi connectivity index (χ2v) is 6.00. The van der Waals surface area contributed by atoms with E-state index in [0.29, 0.717) is 23.1 Å². The highest BCUT2D eigenvalue weighted by Crippen LogP contribution is 2.26. The van der Waals surface area contributed by atoms with Crippen LogP contribution in [0.3, 0.4) is 0 Å². The van der Waals surface area contributed by atoms with Gasteiger partial charge in [-0.2, -0.15) is 13.2 Å². The Balaban J connectivity index is 2.14. The molecule has 0 aliphatic carbocycles. The lowest BCUT2D eigenvalue weighted by Gasteiger charge is -2.09. The fourth-order valence-electron chi connectivity index (χ4n) is 1.93. The first kappa shape index (κ1) is 18.3. The van der Waals surface area contributed by atoms with Gasteiger partial charge in [-0.15, -0.1) is 0 Å². The first-order valence-corrected chi connectivity index (χ1v) is 7.80. The molecular formula is C13H12Cl3F3N4. The van der Waals surface area contributed by atoms with Gasteiger partial charge < -0.3 is 4.57 Å². The summed E-state index contributed by atoms with van der Waals surface area (Å²) in [7, 11) is 0. The molecule has 1 aliphatic rings. The van der Waals surface area contributed by atoms with Crippen LogP contribution in [-0.4, -0.2) is 27.8 Å². The Morgan fingerprint density at radius 3 is 2.65 bits per heavy atom. The molecule has 0 amide bonds. The van der Waals surface area contributed by atoms with Gasteiger partial charge >= 0.3 is 6.18 Å². The minimum Gasteiger partial charge on any atom is -0.310 e. The van der Waals surface area contributed by atoms with Gasteiger partial charge in [-0.1, -0.05) is 34.8 Å². The molecule has 0 spiro atoms. The zero-order chi connectivity index (χ0) is 17.0. The second-order valence-electron chi connectivity index (χ2n) is 4.80. The van der Waals surface area contributed by atoms with Gasteiger partial charge in [0, 0.05) is 36.7 Å². The molecule has 0 saturated carbocycles. The smallest absolute Gasteiger partial charge is 0.310 e. The average molecular weight is 388 g/mol. The minimum atomic E-state index is -4.21. The largest absolute Gasteiger partial charge is 0.389 e. The third kappa shape index (κ3) is 5.51. The lowest BCUT2D eigenvalue weighted by molar-refractivity contribution is -0.135. The van der Waals surface area contributed by atoms with Crippen molar-refractivity contribution in [2.45, 2.75) is 38.4 Å². The Hall–Kier alpha value is -1.05. The summed E-state index contributed by atoms with van der Waals surface area (Å²) in [5.74, 6) is 0.773. The Labute approximate surface area is 145 Å². The molecule has 0 saturated heterocycles. The van der Waals surface area contributed by atoms with Crippen molar-refractivity contribution in [3.8, 4) is 0 Å². The Morgan fingerprint density at radius 2 is 1.96 bits per heavy atom. The molecule has 126 valence electrons. The third-order valence-corrected chi connectivity index (χ3v) is 3.98. The van der Waals surface area contributed by atoms with E-state index in [9.17, 15) is 13.2 Å². The molecular weight excluding hydrogens is 376 g/mol. The molecule has 0 bridgehead atoms. The van der Waals surface area contributed by atoms with Crippen molar-refractivity contribution < 1.29 is 13.2 Å². The number of imidazole rings is 1. The number of aryl methyl sites for hydroxylation is 1. The van der Waals surface area contributed by atoms with E-state index < -0.39 is 12.6 Å². The number of aromatic nitrogens is 2. The van der Waals surface area contributed by atoms with Gasteiger partial charge in [0.1, 0.15) is 16.8 Å². The van der Waals surface area contributed by atoms with E-state index in [1.165, 1.54) is 10.8 Å². The molecule has 23 heavy (non-hydrogen) atoms. The highest BCUT2D eigenvalue weighted by Gasteiger charge is 2.27. The predicted molar refractivity (Wildman–Crippen MR) is 85.7 cm³/mol. The summed E-state index contributed by atoms with van der Waals surface area (Å²) in [6.07, 6.45) is -1.57. The maximum atomic E-state index is 12.3. The number of hydrogen-bond acceptors (Lipinski definition) is 3. The van der Waals surface area contributed by atoms with Crippen molar-refractivity contribution >= 4 is 46.9 Å². The fourth-order valence-corrected chi connectivity index (χ4v) is 2.45. The van der Waals surface area contributed by atoms with Crippen molar-refractivity contribution in [3.63, 3.8) is 0 Å². The number of hydrogen-bond donors (Lipinski definition) is 0. The molecule has 0 aromatic carbocycles. The number of halogens is 6. The fraction of sp³-hybridized carbons (Fsp3) is 0.462. The van der Waals surface area contributed by atoms with Crippen LogP contribution in [0.1, 0.15) is 25.1 Å². The summed E-state index contributed by atoms with van der Waals surface area (Å²) >= 11 is 17.8. The normalized spacial score (nSPS) is 15.4. The predicted octanol–water partition coefficient (Wildman–Crippen LogP) is 5.03. The molecule has 10 heteroatoms. The molecule has 4 nitrogen and oxygen atoms in total. The average Bonchev–Trinajstić information content (AvgIpc) is 2.62. The molecule has 1 aromatic heterocycles. The third-order valence-electron chi connectivity index (χ3n) is 2.99. The molecule has 2 heterocycles. The number of allylic oxidation sites excluding steroid dienone is 1. The number of rotatable bonds is 5. The maximum Gasteiger partial charge on any atom is 0.389 e. The van der Waals surface area contributed by atoms with Gasteiger partial charge in [0.15, 0.2) is 5.15 Å². The summed E-state index contributed by atoms with van der Waals surface area (Å²) in [5.41, 5.74) is 0. The van der Waals surface area contributed by atoms with E-state index in [4.69, 9.17) is 34.8 Å². The summed E-state index contributed by atoms with van der Waals surface area (Å²) in [5, 5.41) is 0.718. The molecule has 0 N–H and O–H groups in total. The lowest BCUT2D eigenvalue weighted by atomic mass is 10.2. The number of aliphatic imine (C=N–C) groups is 2. The Bertz CT molecular complexity index is 662. The van der Waals surface area contributed by atoms with Crippen LogP contribution in [0.4, 0.5) is 13.2 Å². The van der Waals surface area contributed by atoms with Crippen LogP contribution in [0.2, 0.25) is 10.3 Å². The molecule has 1 aromatic rings. The number of amidine groups is 1. The summed E-state index contributed by atoms with van der Waals surface area (Å²) < 4.78 is 38.3. The van der Waals surface area contributed by atoms with E-state index in [1.807, 2.05) is 0 Å². The van der Waals surface area contributed by atoms with Gasteiger partial charge in [-0.3, -0.25) is 0 Å². The van der Waals surface area contributed by atoms with Gasteiger partial charge in [-0.05, 0) is 6.42 Å². The van der Waals surface area contributed by atoms with Crippen LogP contribution in [0.25, 0.3) is 0 Å². The van der Waals surface area contributed by atoms with Crippen molar-refractivity contribution in [3.05, 3.63) is 27.4 Å². The molecule has 1 aliphatic heterocycles. The zero-order valence-corrected chi connectivity index (χ0v) is 14.0. The van der Waals surface area contributed by atoms with E-state index in [0.717, 1.165) is 0 Å². The van der Waals surface area contributed by atoms with Gasteiger partial charge in [0.25, 0.3) is 0 Å². The van der Waals surface area contributed by atoms with Crippen LogP contribution in [0, 0.1) is 0 Å². The van der Waals surface area contributed by atoms with Gasteiger partial charge in [0.05, 0.1) is 6.54 Å². The van der Waals surface area contributed by atoms with Crippen LogP contribution in [0.5, 0.6) is 0 Å². The first-order valence-electron chi connectivity index (χ1n) is 6.67. The second kappa shape index (κ2) is 7.68. The molecule has 2 rings (SSSR count). The quantitative estimate of drug-likeness (QED) is 0.699.